The van der Waals surface area contributed by atoms with Crippen molar-refractivity contribution in [3.8, 4) is 0 Å². The average Bonchev–Trinajstić information content (AvgIpc) is 2.59. The summed E-state index contributed by atoms with van der Waals surface area (Å²) in [5, 5.41) is 1.68. The van der Waals surface area contributed by atoms with Gasteiger partial charge in [-0.3, -0.25) is 0 Å². The highest BCUT2D eigenvalue weighted by molar-refractivity contribution is 8.38. The number of hydrogen-bond acceptors (Lipinski definition) is 5. The summed E-state index contributed by atoms with van der Waals surface area (Å²) in [5.41, 5.74) is 5.92. The molecule has 2 aromatic carbocycles. The van der Waals surface area contributed by atoms with Crippen LogP contribution in [0.15, 0.2) is 47.5 Å². The van der Waals surface area contributed by atoms with E-state index in [9.17, 15) is 0 Å². The summed E-state index contributed by atoms with van der Waals surface area (Å²) < 4.78 is 1.06. The molecule has 0 saturated carbocycles. The number of benzene rings is 2. The van der Waals surface area contributed by atoms with E-state index in [1.807, 2.05) is 13.1 Å². The van der Waals surface area contributed by atoms with E-state index in [4.69, 9.17) is 10.8 Å². The van der Waals surface area contributed by atoms with Crippen LogP contribution in [0.3, 0.4) is 0 Å². The molecular formula is C19H25N3S2. The van der Waals surface area contributed by atoms with Crippen molar-refractivity contribution in [2.45, 2.75) is 26.0 Å². The van der Waals surface area contributed by atoms with Crippen LogP contribution in [0.4, 0.5) is 11.4 Å². The fourth-order valence-electron chi connectivity index (χ4n) is 2.39. The van der Waals surface area contributed by atoms with Crippen LogP contribution < -0.4 is 10.9 Å². The molecule has 0 spiro atoms. The molecule has 2 aromatic rings. The highest BCUT2D eigenvalue weighted by Crippen LogP contribution is 2.30. The molecule has 2 rings (SSSR count). The maximum atomic E-state index is 5.96. The number of rotatable bonds is 5. The Morgan fingerprint density at radius 2 is 1.88 bits per heavy atom. The van der Waals surface area contributed by atoms with Crippen molar-refractivity contribution in [2.75, 3.05) is 18.3 Å². The van der Waals surface area contributed by atoms with Gasteiger partial charge in [-0.25, -0.2) is 10.8 Å². The first-order valence-electron chi connectivity index (χ1n) is 7.96. The highest BCUT2D eigenvalue weighted by atomic mass is 32.2. The molecule has 0 saturated heterocycles. The van der Waals surface area contributed by atoms with E-state index in [1.54, 1.807) is 28.5 Å². The predicted octanol–water partition coefficient (Wildman–Crippen LogP) is 5.15. The Kier molecular flexibility index (Phi) is 7.21. The van der Waals surface area contributed by atoms with E-state index in [-0.39, 0.29) is 0 Å². The van der Waals surface area contributed by atoms with Gasteiger partial charge >= 0.3 is 0 Å². The molecule has 0 aliphatic carbocycles. The first-order valence-corrected chi connectivity index (χ1v) is 10.2. The van der Waals surface area contributed by atoms with E-state index >= 15 is 0 Å². The fourth-order valence-corrected chi connectivity index (χ4v) is 4.05. The lowest BCUT2D eigenvalue weighted by Crippen LogP contribution is -2.26. The normalized spacial score (nSPS) is 11.6. The van der Waals surface area contributed by atoms with Crippen molar-refractivity contribution >= 4 is 39.3 Å². The van der Waals surface area contributed by atoms with Gasteiger partial charge in [0.1, 0.15) is 4.38 Å². The zero-order chi connectivity index (χ0) is 17.5. The second-order valence-electron chi connectivity index (χ2n) is 5.57. The number of hydrogen-bond donors (Lipinski definition) is 1. The lowest BCUT2D eigenvalue weighted by atomic mass is 10.1. The van der Waals surface area contributed by atoms with Crippen LogP contribution in [-0.2, 0) is 12.2 Å². The molecule has 3 nitrogen and oxygen atoms in total. The van der Waals surface area contributed by atoms with E-state index in [0.717, 1.165) is 27.9 Å². The lowest BCUT2D eigenvalue weighted by Gasteiger charge is -2.18. The second-order valence-corrected chi connectivity index (χ2v) is 7.59. The van der Waals surface area contributed by atoms with Crippen LogP contribution in [0.25, 0.3) is 0 Å². The monoisotopic (exact) mass is 359 g/mol. The minimum absolute atomic E-state index is 0.857. The zero-order valence-electron chi connectivity index (χ0n) is 14.7. The largest absolute Gasteiger partial charge is 0.314 e. The summed E-state index contributed by atoms with van der Waals surface area (Å²) in [6, 6.07) is 14.7. The highest BCUT2D eigenvalue weighted by Gasteiger charge is 2.10. The molecule has 0 bridgehead atoms. The number of aryl methyl sites for hydroxylation is 2. The third kappa shape index (κ3) is 5.03. The van der Waals surface area contributed by atoms with Gasteiger partial charge in [-0.2, -0.15) is 0 Å². The Morgan fingerprint density at radius 1 is 1.17 bits per heavy atom. The Balaban J connectivity index is 2.15. The number of hydrazine groups is 1. The minimum Gasteiger partial charge on any atom is -0.314 e. The van der Waals surface area contributed by atoms with Crippen LogP contribution in [0, 0.1) is 6.92 Å². The molecule has 0 atom stereocenters. The molecule has 0 aromatic heterocycles. The third-order valence-corrected chi connectivity index (χ3v) is 5.91. The van der Waals surface area contributed by atoms with Gasteiger partial charge in [-0.1, -0.05) is 43.0 Å². The van der Waals surface area contributed by atoms with Gasteiger partial charge in [0, 0.05) is 12.8 Å². The number of nitrogens with two attached hydrogens (primary N) is 1. The molecular weight excluding hydrogens is 334 g/mol. The molecule has 0 heterocycles. The van der Waals surface area contributed by atoms with Gasteiger partial charge in [0.2, 0.25) is 0 Å². The van der Waals surface area contributed by atoms with E-state index in [0.29, 0.717) is 0 Å². The van der Waals surface area contributed by atoms with Crippen molar-refractivity contribution < 1.29 is 0 Å². The molecule has 128 valence electrons. The summed E-state index contributed by atoms with van der Waals surface area (Å²) in [6.07, 6.45) is 3.12. The van der Waals surface area contributed by atoms with Gasteiger partial charge in [-0.15, -0.1) is 11.8 Å². The first-order chi connectivity index (χ1) is 11.5. The third-order valence-electron chi connectivity index (χ3n) is 3.85. The minimum atomic E-state index is 0.857. The van der Waals surface area contributed by atoms with E-state index in [1.165, 1.54) is 16.7 Å². The van der Waals surface area contributed by atoms with Gasteiger partial charge in [0.25, 0.3) is 0 Å². The molecule has 0 aliphatic rings. The molecule has 0 fully saturated rings. The number of anilines is 1. The molecule has 0 unspecified atom stereocenters. The van der Waals surface area contributed by atoms with Crippen molar-refractivity contribution in [1.29, 1.82) is 0 Å². The first kappa shape index (κ1) is 18.9. The summed E-state index contributed by atoms with van der Waals surface area (Å²) in [4.78, 5) is 4.77. The Hall–Kier alpha value is -1.43. The number of nitrogens with zero attached hydrogens (tertiary/aromatic N) is 2. The van der Waals surface area contributed by atoms with Crippen molar-refractivity contribution in [1.82, 2.24) is 0 Å². The standard InChI is InChI=1S/C19H25N3S2/c1-5-15-9-11-16(12-10-15)21-19(23-4)24-13-17-14(2)7-6-8-18(17)22(3)20/h6-12H,5,13,20H2,1-4H3. The lowest BCUT2D eigenvalue weighted by molar-refractivity contribution is 1.00. The van der Waals surface area contributed by atoms with E-state index < -0.39 is 0 Å². The molecule has 2 N–H and O–H groups in total. The smallest absolute Gasteiger partial charge is 0.130 e. The average molecular weight is 360 g/mol. The van der Waals surface area contributed by atoms with Gasteiger partial charge < -0.3 is 5.01 Å². The SMILES string of the molecule is CCc1ccc(N=C(SC)SCc2c(C)cccc2N(C)N)cc1. The summed E-state index contributed by atoms with van der Waals surface area (Å²) in [7, 11) is 1.88. The van der Waals surface area contributed by atoms with Crippen LogP contribution >= 0.6 is 23.5 Å². The predicted molar refractivity (Wildman–Crippen MR) is 111 cm³/mol. The molecule has 0 amide bonds. The number of aliphatic imine (C=N–C) groups is 1. The van der Waals surface area contributed by atoms with Crippen LogP contribution in [-0.4, -0.2) is 17.7 Å². The molecule has 0 radical (unpaired) electrons. The zero-order valence-corrected chi connectivity index (χ0v) is 16.4. The van der Waals surface area contributed by atoms with Gasteiger partial charge in [0.15, 0.2) is 0 Å². The maximum Gasteiger partial charge on any atom is 0.130 e. The quantitative estimate of drug-likeness (QED) is 0.347. The topological polar surface area (TPSA) is 41.6 Å². The Bertz CT molecular complexity index is 694. The van der Waals surface area contributed by atoms with Crippen LogP contribution in [0.5, 0.6) is 0 Å². The van der Waals surface area contributed by atoms with Crippen molar-refractivity contribution in [2.24, 2.45) is 10.8 Å². The number of thioether (sulfide) groups is 2. The van der Waals surface area contributed by atoms with Gasteiger partial charge in [0.05, 0.1) is 11.4 Å². The maximum absolute atomic E-state index is 5.96. The molecule has 24 heavy (non-hydrogen) atoms. The molecule has 0 aliphatic heterocycles. The van der Waals surface area contributed by atoms with Crippen molar-refractivity contribution in [3.05, 3.63) is 59.2 Å². The fraction of sp³-hybridized carbons (Fsp3) is 0.316. The summed E-state index contributed by atoms with van der Waals surface area (Å²) in [6.45, 7) is 4.29. The summed E-state index contributed by atoms with van der Waals surface area (Å²) in [5.74, 6) is 6.82. The van der Waals surface area contributed by atoms with Crippen LogP contribution in [0.2, 0.25) is 0 Å². The summed E-state index contributed by atoms with van der Waals surface area (Å²) >= 11 is 3.44. The van der Waals surface area contributed by atoms with Gasteiger partial charge in [-0.05, 0) is 54.5 Å². The molecule has 5 heteroatoms. The van der Waals surface area contributed by atoms with Crippen LogP contribution in [0.1, 0.15) is 23.6 Å². The van der Waals surface area contributed by atoms with Crippen molar-refractivity contribution in [3.63, 3.8) is 0 Å². The van der Waals surface area contributed by atoms with E-state index in [2.05, 4.69) is 56.5 Å². The Labute approximate surface area is 153 Å². The second kappa shape index (κ2) is 9.16. The Morgan fingerprint density at radius 3 is 2.46 bits per heavy atom.